The molecule has 0 amide bonds. The SMILES string of the molecule is CN(C)CCC=C1c2ccccc2CCc2ccccc21.CN(C)CCCN1c2ccccc2CCc2ccccc21. The van der Waals surface area contributed by atoms with E-state index in [0.717, 1.165) is 51.7 Å². The summed E-state index contributed by atoms with van der Waals surface area (Å²) in [4.78, 5) is 7.02. The summed E-state index contributed by atoms with van der Waals surface area (Å²) in [5.41, 5.74) is 12.9. The van der Waals surface area contributed by atoms with E-state index in [4.69, 9.17) is 0 Å². The molecular weight excluding hydrogens is 510 g/mol. The van der Waals surface area contributed by atoms with Gasteiger partial charge in [0.2, 0.25) is 0 Å². The van der Waals surface area contributed by atoms with Crippen molar-refractivity contribution in [3.63, 3.8) is 0 Å². The van der Waals surface area contributed by atoms with Gasteiger partial charge in [0.15, 0.2) is 0 Å². The Labute approximate surface area is 254 Å². The molecule has 1 aliphatic heterocycles. The average Bonchev–Trinajstić information content (AvgIpc) is 3.26. The van der Waals surface area contributed by atoms with Gasteiger partial charge in [-0.3, -0.25) is 0 Å². The first-order valence-corrected chi connectivity index (χ1v) is 15.6. The van der Waals surface area contributed by atoms with Gasteiger partial charge in [-0.2, -0.15) is 0 Å². The van der Waals surface area contributed by atoms with Crippen molar-refractivity contribution in [2.45, 2.75) is 38.5 Å². The molecule has 0 unspecified atom stereocenters. The van der Waals surface area contributed by atoms with Crippen molar-refractivity contribution in [3.8, 4) is 0 Å². The summed E-state index contributed by atoms with van der Waals surface area (Å²) >= 11 is 0. The van der Waals surface area contributed by atoms with Gasteiger partial charge >= 0.3 is 0 Å². The summed E-state index contributed by atoms with van der Waals surface area (Å²) in [6, 6.07) is 35.5. The molecule has 6 rings (SSSR count). The van der Waals surface area contributed by atoms with Crippen LogP contribution in [0, 0.1) is 0 Å². The highest BCUT2D eigenvalue weighted by atomic mass is 15.1. The average molecular weight is 558 g/mol. The van der Waals surface area contributed by atoms with Crippen LogP contribution in [0.1, 0.15) is 46.2 Å². The van der Waals surface area contributed by atoms with Crippen LogP contribution in [-0.2, 0) is 25.7 Å². The van der Waals surface area contributed by atoms with Gasteiger partial charge in [0, 0.05) is 24.5 Å². The number of benzene rings is 4. The number of para-hydroxylation sites is 2. The van der Waals surface area contributed by atoms with Crippen molar-refractivity contribution in [1.29, 1.82) is 0 Å². The van der Waals surface area contributed by atoms with E-state index in [2.05, 4.69) is 146 Å². The highest BCUT2D eigenvalue weighted by Crippen LogP contribution is 2.36. The molecule has 0 atom stereocenters. The maximum absolute atomic E-state index is 2.52. The lowest BCUT2D eigenvalue weighted by Gasteiger charge is -2.27. The molecular formula is C39H47N3. The first-order chi connectivity index (χ1) is 20.5. The molecule has 0 saturated carbocycles. The number of rotatable bonds is 7. The zero-order valence-corrected chi connectivity index (χ0v) is 26.0. The fourth-order valence-electron chi connectivity index (χ4n) is 6.26. The zero-order chi connectivity index (χ0) is 29.3. The Morgan fingerprint density at radius 1 is 0.548 bits per heavy atom. The lowest BCUT2D eigenvalue weighted by molar-refractivity contribution is 0.402. The minimum atomic E-state index is 1.08. The molecule has 4 aromatic carbocycles. The molecule has 0 N–H and O–H groups in total. The van der Waals surface area contributed by atoms with Gasteiger partial charge in [0.25, 0.3) is 0 Å². The standard InChI is InChI=1S/C20H23N.C19H24N2/c1-21(2)15-7-12-20-18-10-5-3-8-16(18)13-14-17-9-4-6-11-19(17)20;1-20(2)14-7-15-21-18-10-5-3-8-16(18)12-13-17-9-4-6-11-19(17)21/h3-6,8-12H,7,13-15H2,1-2H3;3-6,8-11H,7,12-15H2,1-2H3. The van der Waals surface area contributed by atoms with Crippen LogP contribution in [0.5, 0.6) is 0 Å². The van der Waals surface area contributed by atoms with E-state index >= 15 is 0 Å². The molecule has 0 aromatic heterocycles. The molecule has 3 nitrogen and oxygen atoms in total. The van der Waals surface area contributed by atoms with Crippen molar-refractivity contribution >= 4 is 16.9 Å². The molecule has 42 heavy (non-hydrogen) atoms. The number of hydrogen-bond acceptors (Lipinski definition) is 3. The van der Waals surface area contributed by atoms with Crippen molar-refractivity contribution in [2.75, 3.05) is 52.7 Å². The molecule has 0 bridgehead atoms. The molecule has 0 spiro atoms. The van der Waals surface area contributed by atoms with Gasteiger partial charge in [0.1, 0.15) is 0 Å². The molecule has 3 heteroatoms. The van der Waals surface area contributed by atoms with Gasteiger partial charge in [-0.1, -0.05) is 91.0 Å². The third-order valence-electron chi connectivity index (χ3n) is 8.42. The second-order valence-corrected chi connectivity index (χ2v) is 12.1. The van der Waals surface area contributed by atoms with Crippen molar-refractivity contribution in [2.24, 2.45) is 0 Å². The van der Waals surface area contributed by atoms with Gasteiger partial charge < -0.3 is 14.7 Å². The van der Waals surface area contributed by atoms with E-state index in [9.17, 15) is 0 Å². The minimum Gasteiger partial charge on any atom is -0.341 e. The Morgan fingerprint density at radius 2 is 0.976 bits per heavy atom. The van der Waals surface area contributed by atoms with E-state index in [-0.39, 0.29) is 0 Å². The highest BCUT2D eigenvalue weighted by Gasteiger charge is 2.20. The molecule has 1 aliphatic carbocycles. The summed E-state index contributed by atoms with van der Waals surface area (Å²) in [7, 11) is 8.55. The number of fused-ring (bicyclic) bond motifs is 4. The van der Waals surface area contributed by atoms with Crippen LogP contribution in [-0.4, -0.2) is 57.6 Å². The molecule has 2 aliphatic rings. The maximum atomic E-state index is 2.52. The fraction of sp³-hybridized carbons (Fsp3) is 0.333. The molecule has 218 valence electrons. The summed E-state index contributed by atoms with van der Waals surface area (Å²) in [5, 5.41) is 0. The van der Waals surface area contributed by atoms with Crippen LogP contribution >= 0.6 is 0 Å². The lowest BCUT2D eigenvalue weighted by atomic mass is 9.93. The predicted octanol–water partition coefficient (Wildman–Crippen LogP) is 8.04. The molecule has 4 aromatic rings. The summed E-state index contributed by atoms with van der Waals surface area (Å²) in [5.74, 6) is 0. The van der Waals surface area contributed by atoms with Crippen LogP contribution < -0.4 is 4.90 Å². The smallest absolute Gasteiger partial charge is 0.0443 e. The molecule has 0 fully saturated rings. The van der Waals surface area contributed by atoms with Crippen molar-refractivity contribution in [1.82, 2.24) is 9.80 Å². The third kappa shape index (κ3) is 7.40. The van der Waals surface area contributed by atoms with Crippen LogP contribution in [0.2, 0.25) is 0 Å². The topological polar surface area (TPSA) is 9.72 Å². The van der Waals surface area contributed by atoms with Crippen LogP contribution in [0.15, 0.2) is 103 Å². The van der Waals surface area contributed by atoms with E-state index in [1.807, 2.05) is 0 Å². The van der Waals surface area contributed by atoms with Gasteiger partial charge in [-0.05, 0) is 124 Å². The van der Waals surface area contributed by atoms with Crippen molar-refractivity contribution in [3.05, 3.63) is 137 Å². The Bertz CT molecular complexity index is 1390. The first-order valence-electron chi connectivity index (χ1n) is 15.6. The minimum absolute atomic E-state index is 1.08. The lowest BCUT2D eigenvalue weighted by Crippen LogP contribution is -2.23. The van der Waals surface area contributed by atoms with Crippen LogP contribution in [0.3, 0.4) is 0 Å². The molecule has 1 heterocycles. The zero-order valence-electron chi connectivity index (χ0n) is 26.0. The second-order valence-electron chi connectivity index (χ2n) is 12.1. The van der Waals surface area contributed by atoms with E-state index < -0.39 is 0 Å². The van der Waals surface area contributed by atoms with E-state index in [1.165, 1.54) is 56.7 Å². The monoisotopic (exact) mass is 557 g/mol. The van der Waals surface area contributed by atoms with Crippen molar-refractivity contribution < 1.29 is 0 Å². The summed E-state index contributed by atoms with van der Waals surface area (Å²) in [6.45, 7) is 3.29. The Balaban J connectivity index is 0.000000168. The van der Waals surface area contributed by atoms with Gasteiger partial charge in [-0.15, -0.1) is 0 Å². The van der Waals surface area contributed by atoms with Gasteiger partial charge in [-0.25, -0.2) is 0 Å². The Morgan fingerprint density at radius 3 is 1.48 bits per heavy atom. The fourth-order valence-corrected chi connectivity index (χ4v) is 6.26. The molecule has 0 radical (unpaired) electrons. The van der Waals surface area contributed by atoms with Gasteiger partial charge in [0.05, 0.1) is 0 Å². The highest BCUT2D eigenvalue weighted by molar-refractivity contribution is 5.84. The number of anilines is 2. The van der Waals surface area contributed by atoms with E-state index in [1.54, 1.807) is 0 Å². The normalized spacial score (nSPS) is 13.7. The summed E-state index contributed by atoms with van der Waals surface area (Å²) in [6.07, 6.45) is 9.23. The predicted molar refractivity (Wildman–Crippen MR) is 181 cm³/mol. The van der Waals surface area contributed by atoms with E-state index in [0.29, 0.717) is 0 Å². The number of nitrogens with zero attached hydrogens (tertiary/aromatic N) is 3. The number of hydrogen-bond donors (Lipinski definition) is 0. The Hall–Kier alpha value is -3.66. The van der Waals surface area contributed by atoms with Crippen LogP contribution in [0.4, 0.5) is 11.4 Å². The largest absolute Gasteiger partial charge is 0.341 e. The second kappa shape index (κ2) is 14.5. The first kappa shape index (κ1) is 29.8. The maximum Gasteiger partial charge on any atom is 0.0443 e. The molecule has 0 saturated heterocycles. The summed E-state index contributed by atoms with van der Waals surface area (Å²) < 4.78 is 0. The number of aryl methyl sites for hydroxylation is 4. The van der Waals surface area contributed by atoms with Crippen LogP contribution in [0.25, 0.3) is 5.57 Å². The Kier molecular flexibility index (Phi) is 10.3. The quantitative estimate of drug-likeness (QED) is 0.228. The third-order valence-corrected chi connectivity index (χ3v) is 8.42.